The third-order valence-electron chi connectivity index (χ3n) is 4.70. The molecule has 2 aromatic rings. The zero-order chi connectivity index (χ0) is 19.1. The lowest BCUT2D eigenvalue weighted by Crippen LogP contribution is -2.18. The van der Waals surface area contributed by atoms with Crippen molar-refractivity contribution in [3.05, 3.63) is 59.1 Å². The highest BCUT2D eigenvalue weighted by molar-refractivity contribution is 5.84. The van der Waals surface area contributed by atoms with Gasteiger partial charge in [-0.05, 0) is 77.4 Å². The lowest BCUT2D eigenvalue weighted by atomic mass is 10.1. The molecule has 1 heterocycles. The van der Waals surface area contributed by atoms with Gasteiger partial charge in [0.25, 0.3) is 0 Å². The van der Waals surface area contributed by atoms with Crippen molar-refractivity contribution in [2.24, 2.45) is 0 Å². The molecule has 0 saturated carbocycles. The second-order valence-electron chi connectivity index (χ2n) is 7.58. The van der Waals surface area contributed by atoms with Crippen LogP contribution in [0.15, 0.2) is 47.7 Å². The van der Waals surface area contributed by atoms with Crippen molar-refractivity contribution in [1.82, 2.24) is 9.47 Å². The van der Waals surface area contributed by atoms with E-state index in [0.29, 0.717) is 0 Å². The van der Waals surface area contributed by atoms with Crippen molar-refractivity contribution in [2.75, 3.05) is 13.6 Å². The molecule has 0 amide bonds. The van der Waals surface area contributed by atoms with Crippen LogP contribution in [0.1, 0.15) is 52.5 Å². The predicted octanol–water partition coefficient (Wildman–Crippen LogP) is 6.31. The van der Waals surface area contributed by atoms with Crippen LogP contribution in [0, 0.1) is 5.82 Å². The molecule has 0 fully saturated rings. The van der Waals surface area contributed by atoms with Crippen LogP contribution in [-0.4, -0.2) is 23.1 Å². The summed E-state index contributed by atoms with van der Waals surface area (Å²) in [4.78, 5) is 2.30. The van der Waals surface area contributed by atoms with Crippen LogP contribution in [0.2, 0.25) is 0 Å². The van der Waals surface area contributed by atoms with Crippen molar-refractivity contribution in [1.29, 1.82) is 0 Å². The van der Waals surface area contributed by atoms with Gasteiger partial charge in [-0.25, -0.2) is 4.39 Å². The lowest BCUT2D eigenvalue weighted by molar-refractivity contribution is 0.328. The molecule has 0 aliphatic carbocycles. The van der Waals surface area contributed by atoms with Crippen LogP contribution in [0.3, 0.4) is 0 Å². The molecule has 0 aliphatic heterocycles. The van der Waals surface area contributed by atoms with E-state index in [-0.39, 0.29) is 5.82 Å². The fraction of sp³-hybridized carbons (Fsp3) is 0.478. The first-order valence-corrected chi connectivity index (χ1v) is 9.65. The molecular weight excluding hydrogens is 323 g/mol. The van der Waals surface area contributed by atoms with Crippen molar-refractivity contribution in [2.45, 2.75) is 60.0 Å². The van der Waals surface area contributed by atoms with Gasteiger partial charge in [-0.3, -0.25) is 0 Å². The average molecular weight is 357 g/mol. The molecule has 3 heteroatoms. The van der Waals surface area contributed by atoms with Crippen LogP contribution < -0.4 is 0 Å². The second kappa shape index (κ2) is 9.72. The van der Waals surface area contributed by atoms with Crippen LogP contribution in [-0.2, 0) is 13.1 Å². The molecule has 0 N–H and O–H groups in total. The Balaban J connectivity index is 2.20. The Kier molecular flexibility index (Phi) is 7.65. The van der Waals surface area contributed by atoms with Crippen molar-refractivity contribution in [3.8, 4) is 0 Å². The largest absolute Gasteiger partial charge is 0.343 e. The van der Waals surface area contributed by atoms with Gasteiger partial charge in [-0.1, -0.05) is 30.2 Å². The van der Waals surface area contributed by atoms with E-state index in [1.54, 1.807) is 12.1 Å². The monoisotopic (exact) mass is 356 g/mol. The summed E-state index contributed by atoms with van der Waals surface area (Å²) in [5.74, 6) is -0.164. The van der Waals surface area contributed by atoms with Gasteiger partial charge in [0.05, 0.1) is 0 Å². The summed E-state index contributed by atoms with van der Waals surface area (Å²) >= 11 is 0. The summed E-state index contributed by atoms with van der Waals surface area (Å²) in [6.45, 7) is 11.4. The number of aromatic nitrogens is 1. The molecule has 0 saturated heterocycles. The molecule has 0 spiro atoms. The maximum absolute atomic E-state index is 13.8. The van der Waals surface area contributed by atoms with Gasteiger partial charge in [0.1, 0.15) is 5.82 Å². The predicted molar refractivity (Wildman–Crippen MR) is 111 cm³/mol. The number of hydrogen-bond acceptors (Lipinski definition) is 1. The maximum Gasteiger partial charge on any atom is 0.123 e. The van der Waals surface area contributed by atoms with Gasteiger partial charge in [0.15, 0.2) is 0 Å². The van der Waals surface area contributed by atoms with Crippen LogP contribution >= 0.6 is 0 Å². The number of rotatable bonds is 9. The first-order chi connectivity index (χ1) is 12.4. The average Bonchev–Trinajstić information content (AvgIpc) is 2.90. The van der Waals surface area contributed by atoms with E-state index in [1.807, 2.05) is 6.07 Å². The van der Waals surface area contributed by atoms with E-state index in [2.05, 4.69) is 62.6 Å². The molecular formula is C23H33FN2. The fourth-order valence-electron chi connectivity index (χ4n) is 3.32. The normalized spacial score (nSPS) is 12.2. The molecule has 0 atom stereocenters. The highest BCUT2D eigenvalue weighted by atomic mass is 19.1. The highest BCUT2D eigenvalue weighted by Gasteiger charge is 2.11. The molecule has 0 radical (unpaired) electrons. The molecule has 0 bridgehead atoms. The summed E-state index contributed by atoms with van der Waals surface area (Å²) in [6, 6.07) is 5.14. The van der Waals surface area contributed by atoms with Crippen LogP contribution in [0.5, 0.6) is 0 Å². The number of allylic oxidation sites excluding steroid dienone is 4. The van der Waals surface area contributed by atoms with Gasteiger partial charge in [-0.15, -0.1) is 0 Å². The Hall–Kier alpha value is -1.87. The summed E-state index contributed by atoms with van der Waals surface area (Å²) in [7, 11) is 2.12. The van der Waals surface area contributed by atoms with Gasteiger partial charge >= 0.3 is 0 Å². The van der Waals surface area contributed by atoms with E-state index < -0.39 is 0 Å². The molecule has 2 rings (SSSR count). The third-order valence-corrected chi connectivity index (χ3v) is 4.70. The second-order valence-corrected chi connectivity index (χ2v) is 7.58. The Bertz CT molecular complexity index is 779. The molecule has 2 nitrogen and oxygen atoms in total. The standard InChI is InChI=1S/C23H33FN2/c1-6-13-25(5)16-20-17-26(23-11-10-21(24)15-22(20)23)14-12-19(4)9-7-8-18(2)3/h8,10-12,15,17H,6-7,9,13-14,16H2,1-5H3/b19-12+. The van der Waals surface area contributed by atoms with E-state index in [0.717, 1.165) is 49.8 Å². The zero-order valence-corrected chi connectivity index (χ0v) is 17.0. The van der Waals surface area contributed by atoms with Gasteiger partial charge < -0.3 is 9.47 Å². The van der Waals surface area contributed by atoms with Crippen molar-refractivity contribution in [3.63, 3.8) is 0 Å². The van der Waals surface area contributed by atoms with Crippen LogP contribution in [0.25, 0.3) is 10.9 Å². The number of hydrogen-bond donors (Lipinski definition) is 0. The van der Waals surface area contributed by atoms with E-state index in [9.17, 15) is 4.39 Å². The molecule has 142 valence electrons. The molecule has 1 aromatic heterocycles. The molecule has 26 heavy (non-hydrogen) atoms. The Morgan fingerprint density at radius 2 is 1.96 bits per heavy atom. The smallest absolute Gasteiger partial charge is 0.123 e. The third kappa shape index (κ3) is 5.84. The fourth-order valence-corrected chi connectivity index (χ4v) is 3.32. The SMILES string of the molecule is CCCN(C)Cc1cn(C/C=C(\C)CCC=C(C)C)c2ccc(F)cc12. The minimum Gasteiger partial charge on any atom is -0.343 e. The minimum atomic E-state index is -0.164. The van der Waals surface area contributed by atoms with E-state index in [1.165, 1.54) is 16.7 Å². The quantitative estimate of drug-likeness (QED) is 0.478. The Labute approximate surface area is 158 Å². The number of fused-ring (bicyclic) bond motifs is 1. The van der Waals surface area contributed by atoms with Gasteiger partial charge in [0, 0.05) is 30.2 Å². The zero-order valence-electron chi connectivity index (χ0n) is 17.0. The summed E-state index contributed by atoms with van der Waals surface area (Å²) in [6.07, 6.45) is 10.1. The lowest BCUT2D eigenvalue weighted by Gasteiger charge is -2.14. The van der Waals surface area contributed by atoms with Crippen molar-refractivity contribution < 1.29 is 4.39 Å². The first kappa shape index (κ1) is 20.4. The maximum atomic E-state index is 13.8. The van der Waals surface area contributed by atoms with Crippen LogP contribution in [0.4, 0.5) is 4.39 Å². The topological polar surface area (TPSA) is 8.17 Å². The minimum absolute atomic E-state index is 0.164. The van der Waals surface area contributed by atoms with Gasteiger partial charge in [-0.2, -0.15) is 0 Å². The molecule has 0 aliphatic rings. The summed E-state index contributed by atoms with van der Waals surface area (Å²) in [5, 5.41) is 1.03. The molecule has 0 unspecified atom stereocenters. The summed E-state index contributed by atoms with van der Waals surface area (Å²) in [5.41, 5.74) is 5.08. The van der Waals surface area contributed by atoms with Gasteiger partial charge in [0.2, 0.25) is 0 Å². The Morgan fingerprint density at radius 1 is 1.19 bits per heavy atom. The number of benzene rings is 1. The first-order valence-electron chi connectivity index (χ1n) is 9.65. The van der Waals surface area contributed by atoms with E-state index >= 15 is 0 Å². The Morgan fingerprint density at radius 3 is 2.65 bits per heavy atom. The molecule has 1 aromatic carbocycles. The van der Waals surface area contributed by atoms with Crippen molar-refractivity contribution >= 4 is 10.9 Å². The van der Waals surface area contributed by atoms with E-state index in [4.69, 9.17) is 0 Å². The summed E-state index contributed by atoms with van der Waals surface area (Å²) < 4.78 is 16.0. The highest BCUT2D eigenvalue weighted by Crippen LogP contribution is 2.24. The number of nitrogens with zero attached hydrogens (tertiary/aromatic N) is 2. The number of halogens is 1.